The third-order valence-electron chi connectivity index (χ3n) is 6.94. The predicted octanol–water partition coefficient (Wildman–Crippen LogP) is 1.86. The lowest BCUT2D eigenvalue weighted by molar-refractivity contribution is -0.0503. The van der Waals surface area contributed by atoms with Gasteiger partial charge in [-0.3, -0.25) is 23.0 Å². The molecule has 21 heteroatoms. The fourth-order valence-electron chi connectivity index (χ4n) is 5.09. The number of hydrogen-bond acceptors (Lipinski definition) is 14. The molecular formula is C21H26N8O9P2S2. The summed E-state index contributed by atoms with van der Waals surface area (Å²) in [6.45, 7) is -4.72. The summed E-state index contributed by atoms with van der Waals surface area (Å²) in [4.78, 5) is 31.0. The first-order valence-corrected chi connectivity index (χ1v) is 17.9. The van der Waals surface area contributed by atoms with Crippen LogP contribution in [0, 0.1) is 0 Å². The first-order valence-electron chi connectivity index (χ1n) is 12.6. The number of rotatable bonds is 10. The molecule has 0 radical (unpaired) electrons. The molecule has 17 nitrogen and oxygen atoms in total. The predicted molar refractivity (Wildman–Crippen MR) is 155 cm³/mol. The largest absolute Gasteiger partial charge is 0.394 e. The summed E-state index contributed by atoms with van der Waals surface area (Å²) >= 11 is 8.06. The number of H-pyrrole nitrogens is 1. The first kappa shape index (κ1) is 29.7. The topological polar surface area (TPSA) is 221 Å². The quantitative estimate of drug-likeness (QED) is 0.121. The highest BCUT2D eigenvalue weighted by atomic mass is 32.7. The second-order valence-corrected chi connectivity index (χ2v) is 14.3. The fraction of sp³-hybridized carbons (Fsp3) is 0.476. The maximum Gasteiger partial charge on any atom is 0.386 e. The van der Waals surface area contributed by atoms with E-state index >= 15 is 0 Å². The van der Waals surface area contributed by atoms with Crippen LogP contribution in [0.15, 0.2) is 36.0 Å². The van der Waals surface area contributed by atoms with Crippen molar-refractivity contribution in [2.24, 2.45) is 0 Å². The summed E-state index contributed by atoms with van der Waals surface area (Å²) < 4.78 is 57.4. The SMILES string of the molecule is Nc1ncnc2c1ccn2[C@H]1C[C@H](O[PH](=O)S)[C@@H](COP(=O)(S)O[C@@H]2C[C@@H](CO)O[C@H]2n2cnc3c(=O)[nH]cnc32)O1. The molecule has 0 amide bonds. The number of nitrogens with two attached hydrogens (primary N) is 1. The summed E-state index contributed by atoms with van der Waals surface area (Å²) in [6, 6.07) is 1.75. The number of aromatic amines is 1. The molecule has 0 bridgehead atoms. The van der Waals surface area contributed by atoms with Gasteiger partial charge in [0.25, 0.3) is 5.56 Å². The standard InChI is InChI=1S/C21H26N8O9P2S2/c22-17-11-1-2-28(18(11)24-7-23-17)15-4-12(37-39(32)41)14(36-15)6-34-40(33,42)38-13-3-10(5-30)35-21(13)29-9-27-16-19(29)25-8-26-20(16)31/h1-2,7-10,12-15,21,30,39H,3-6H2,(H,32,41)(H,33,42)(H2,22,23,24)(H,25,26,31)/t10-,12-,13+,14+,15+,21+,40?/m0/s1. The van der Waals surface area contributed by atoms with Gasteiger partial charge >= 0.3 is 6.80 Å². The summed E-state index contributed by atoms with van der Waals surface area (Å²) in [5.74, 6) is 0.307. The molecule has 4 N–H and O–H groups in total. The number of thiol groups is 2. The number of aliphatic hydroxyl groups is 1. The zero-order valence-corrected chi connectivity index (χ0v) is 25.2. The molecule has 4 aromatic heterocycles. The second kappa shape index (κ2) is 12.0. The minimum absolute atomic E-state index is 0.0738. The van der Waals surface area contributed by atoms with E-state index in [0.717, 1.165) is 0 Å². The van der Waals surface area contributed by atoms with Crippen LogP contribution in [0.25, 0.3) is 22.2 Å². The third kappa shape index (κ3) is 5.91. The number of ether oxygens (including phenoxy) is 2. The third-order valence-corrected chi connectivity index (χ3v) is 9.40. The van der Waals surface area contributed by atoms with Crippen molar-refractivity contribution in [3.05, 3.63) is 41.6 Å². The van der Waals surface area contributed by atoms with Crippen molar-refractivity contribution < 1.29 is 37.3 Å². The zero-order chi connectivity index (χ0) is 29.6. The van der Waals surface area contributed by atoms with E-state index in [9.17, 15) is 19.0 Å². The van der Waals surface area contributed by atoms with Gasteiger partial charge in [0.1, 0.15) is 36.2 Å². The molecular weight excluding hydrogens is 634 g/mol. The minimum atomic E-state index is -4.08. The van der Waals surface area contributed by atoms with Gasteiger partial charge in [0.2, 0.25) is 7.23 Å². The molecule has 42 heavy (non-hydrogen) atoms. The Kier molecular flexibility index (Phi) is 8.50. The van der Waals surface area contributed by atoms with Crippen molar-refractivity contribution in [1.29, 1.82) is 0 Å². The summed E-state index contributed by atoms with van der Waals surface area (Å²) in [6.07, 6.45) is 1.34. The molecule has 2 unspecified atom stereocenters. The van der Waals surface area contributed by atoms with Gasteiger partial charge in [-0.15, -0.1) is 0 Å². The van der Waals surface area contributed by atoms with E-state index in [4.69, 9.17) is 28.8 Å². The fourth-order valence-corrected chi connectivity index (χ4v) is 7.49. The molecule has 226 valence electrons. The molecule has 2 aliphatic rings. The smallest absolute Gasteiger partial charge is 0.386 e. The molecule has 2 saturated heterocycles. The molecule has 0 aliphatic carbocycles. The van der Waals surface area contributed by atoms with Crippen LogP contribution >= 0.6 is 38.5 Å². The average molecular weight is 661 g/mol. The number of nitrogen functional groups attached to an aromatic ring is 1. The lowest BCUT2D eigenvalue weighted by Crippen LogP contribution is -2.27. The van der Waals surface area contributed by atoms with Crippen LogP contribution in [-0.2, 0) is 32.2 Å². The van der Waals surface area contributed by atoms with E-state index in [0.29, 0.717) is 16.9 Å². The number of aliphatic hydroxyl groups excluding tert-OH is 1. The number of hydrogen-bond donors (Lipinski definition) is 5. The van der Waals surface area contributed by atoms with Crippen LogP contribution in [0.5, 0.6) is 0 Å². The second-order valence-electron chi connectivity index (χ2n) is 9.54. The van der Waals surface area contributed by atoms with Gasteiger partial charge in [-0.05, 0) is 6.07 Å². The number of anilines is 1. The summed E-state index contributed by atoms with van der Waals surface area (Å²) in [5.41, 5.74) is 6.31. The highest BCUT2D eigenvalue weighted by Gasteiger charge is 2.44. The molecule has 0 spiro atoms. The molecule has 2 fully saturated rings. The van der Waals surface area contributed by atoms with Crippen LogP contribution in [0.2, 0.25) is 0 Å². The van der Waals surface area contributed by atoms with Crippen molar-refractivity contribution in [2.45, 2.75) is 49.7 Å². The van der Waals surface area contributed by atoms with Crippen molar-refractivity contribution in [3.8, 4) is 0 Å². The van der Waals surface area contributed by atoms with E-state index in [1.807, 2.05) is 0 Å². The van der Waals surface area contributed by atoms with Crippen molar-refractivity contribution in [1.82, 2.24) is 34.1 Å². The maximum absolute atomic E-state index is 13.4. The number of fused-ring (bicyclic) bond motifs is 2. The van der Waals surface area contributed by atoms with Gasteiger partial charge in [-0.2, -0.15) is 0 Å². The first-order chi connectivity index (χ1) is 20.1. The number of imidazole rings is 1. The molecule has 2 aliphatic heterocycles. The molecule has 0 saturated carbocycles. The van der Waals surface area contributed by atoms with Crippen molar-refractivity contribution in [2.75, 3.05) is 18.9 Å². The van der Waals surface area contributed by atoms with Crippen molar-refractivity contribution in [3.63, 3.8) is 0 Å². The van der Waals surface area contributed by atoms with Gasteiger partial charge < -0.3 is 34.4 Å². The van der Waals surface area contributed by atoms with Gasteiger partial charge in [-0.25, -0.2) is 24.5 Å². The van der Waals surface area contributed by atoms with E-state index in [-0.39, 0.29) is 37.2 Å². The van der Waals surface area contributed by atoms with E-state index in [2.05, 4.69) is 49.4 Å². The lowest BCUT2D eigenvalue weighted by atomic mass is 10.2. The Morgan fingerprint density at radius 3 is 2.81 bits per heavy atom. The highest BCUT2D eigenvalue weighted by Crippen LogP contribution is 2.57. The normalized spacial score (nSPS) is 28.5. The van der Waals surface area contributed by atoms with E-state index < -0.39 is 56.5 Å². The van der Waals surface area contributed by atoms with Crippen molar-refractivity contribution >= 4 is 66.5 Å². The maximum atomic E-state index is 13.4. The van der Waals surface area contributed by atoms with Crippen LogP contribution < -0.4 is 11.3 Å². The number of nitrogens with one attached hydrogen (secondary N) is 1. The Labute approximate surface area is 247 Å². The Bertz CT molecular complexity index is 1740. The van der Waals surface area contributed by atoms with Crippen LogP contribution in [0.4, 0.5) is 5.82 Å². The lowest BCUT2D eigenvalue weighted by Gasteiger charge is -2.24. The molecule has 0 aromatic carbocycles. The van der Waals surface area contributed by atoms with Crippen LogP contribution in [0.3, 0.4) is 0 Å². The van der Waals surface area contributed by atoms with Crippen LogP contribution in [-0.4, -0.2) is 76.8 Å². The van der Waals surface area contributed by atoms with E-state index in [1.54, 1.807) is 16.8 Å². The van der Waals surface area contributed by atoms with Gasteiger partial charge in [0.15, 0.2) is 17.4 Å². The Balaban J connectivity index is 1.17. The summed E-state index contributed by atoms with van der Waals surface area (Å²) in [5, 5.41) is 10.3. The molecule has 8 atom stereocenters. The molecule has 6 rings (SSSR count). The monoisotopic (exact) mass is 660 g/mol. The number of aromatic nitrogens is 7. The minimum Gasteiger partial charge on any atom is -0.394 e. The average Bonchev–Trinajstić information content (AvgIpc) is 3.72. The van der Waals surface area contributed by atoms with Gasteiger partial charge in [0.05, 0.1) is 43.5 Å². The molecule has 6 heterocycles. The Hall–Kier alpha value is -2.31. The number of nitrogens with zero attached hydrogens (tertiary/aromatic N) is 6. The molecule has 4 aromatic rings. The summed E-state index contributed by atoms with van der Waals surface area (Å²) in [7, 11) is -2.67. The Morgan fingerprint density at radius 1 is 1.19 bits per heavy atom. The highest BCUT2D eigenvalue weighted by molar-refractivity contribution is 8.44. The van der Waals surface area contributed by atoms with Gasteiger partial charge in [0, 0.05) is 19.0 Å². The van der Waals surface area contributed by atoms with Gasteiger partial charge in [-0.1, -0.05) is 24.5 Å². The van der Waals surface area contributed by atoms with Crippen LogP contribution in [0.1, 0.15) is 25.3 Å². The van der Waals surface area contributed by atoms with E-state index in [1.165, 1.54) is 23.5 Å². The Morgan fingerprint density at radius 2 is 2.02 bits per heavy atom. The zero-order valence-electron chi connectivity index (χ0n) is 21.5.